The summed E-state index contributed by atoms with van der Waals surface area (Å²) in [5.41, 5.74) is 4.56. The highest BCUT2D eigenvalue weighted by Gasteiger charge is 2.08. The Hall–Kier alpha value is -2.83. The molecular weight excluding hydrogens is 284 g/mol. The number of methoxy groups -OCH3 is 2. The van der Waals surface area contributed by atoms with Crippen LogP contribution in [0.1, 0.15) is 18.2 Å². The lowest BCUT2D eigenvalue weighted by Crippen LogP contribution is -2.11. The van der Waals surface area contributed by atoms with Gasteiger partial charge in [-0.2, -0.15) is 5.10 Å². The summed E-state index contributed by atoms with van der Waals surface area (Å²) < 4.78 is 10.5. The van der Waals surface area contributed by atoms with E-state index in [1.54, 1.807) is 27.2 Å². The molecule has 0 aliphatic heterocycles. The first kappa shape index (κ1) is 15.6. The Balaban J connectivity index is 2.30. The van der Waals surface area contributed by atoms with Crippen LogP contribution in [0.3, 0.4) is 0 Å². The second-order valence-electron chi connectivity index (χ2n) is 4.61. The average Bonchev–Trinajstić information content (AvgIpc) is 2.51. The molecular formula is C15H18N4O3. The molecule has 1 aromatic carbocycles. The maximum atomic E-state index is 11.4. The molecule has 0 atom stereocenters. The number of ether oxygens (including phenoxy) is 2. The molecule has 0 saturated heterocycles. The van der Waals surface area contributed by atoms with Crippen LogP contribution in [-0.2, 0) is 0 Å². The van der Waals surface area contributed by atoms with Gasteiger partial charge in [-0.15, -0.1) is 0 Å². The fourth-order valence-corrected chi connectivity index (χ4v) is 1.93. The molecule has 0 amide bonds. The molecule has 7 nitrogen and oxygen atoms in total. The minimum Gasteiger partial charge on any atom is -0.497 e. The zero-order chi connectivity index (χ0) is 16.1. The standard InChI is InChI=1S/C15H18N4O3/c1-9-7-14(20)17-15(16-9)19-18-10(2)12-8-11(21-3)5-6-13(12)22-4/h5-8H,1-4H3,(H2,16,17,19,20). The van der Waals surface area contributed by atoms with E-state index in [1.807, 2.05) is 19.1 Å². The van der Waals surface area contributed by atoms with Crippen molar-refractivity contribution < 1.29 is 9.47 Å². The molecule has 0 fully saturated rings. The van der Waals surface area contributed by atoms with Gasteiger partial charge in [-0.25, -0.2) is 10.4 Å². The van der Waals surface area contributed by atoms with Gasteiger partial charge in [0, 0.05) is 17.3 Å². The lowest BCUT2D eigenvalue weighted by atomic mass is 10.1. The Kier molecular flexibility index (Phi) is 4.77. The van der Waals surface area contributed by atoms with E-state index >= 15 is 0 Å². The van der Waals surface area contributed by atoms with Crippen LogP contribution in [0.2, 0.25) is 0 Å². The van der Waals surface area contributed by atoms with Crippen molar-refractivity contribution in [1.29, 1.82) is 0 Å². The number of hydrazone groups is 1. The Labute approximate surface area is 128 Å². The highest BCUT2D eigenvalue weighted by atomic mass is 16.5. The van der Waals surface area contributed by atoms with Crippen molar-refractivity contribution in [1.82, 2.24) is 9.97 Å². The molecule has 0 radical (unpaired) electrons. The maximum Gasteiger partial charge on any atom is 0.252 e. The maximum absolute atomic E-state index is 11.4. The number of nitrogens with one attached hydrogen (secondary N) is 2. The smallest absolute Gasteiger partial charge is 0.252 e. The first-order valence-electron chi connectivity index (χ1n) is 6.64. The van der Waals surface area contributed by atoms with E-state index in [1.165, 1.54) is 6.07 Å². The summed E-state index contributed by atoms with van der Waals surface area (Å²) in [5.74, 6) is 1.66. The van der Waals surface area contributed by atoms with Crippen LogP contribution < -0.4 is 20.5 Å². The molecule has 1 heterocycles. The van der Waals surface area contributed by atoms with Crippen LogP contribution in [0.25, 0.3) is 0 Å². The summed E-state index contributed by atoms with van der Waals surface area (Å²) >= 11 is 0. The Morgan fingerprint density at radius 1 is 1.27 bits per heavy atom. The number of aromatic amines is 1. The van der Waals surface area contributed by atoms with E-state index < -0.39 is 0 Å². The number of nitrogens with zero attached hydrogens (tertiary/aromatic N) is 2. The summed E-state index contributed by atoms with van der Waals surface area (Å²) in [7, 11) is 3.18. The zero-order valence-corrected chi connectivity index (χ0v) is 12.9. The van der Waals surface area contributed by atoms with Gasteiger partial charge in [-0.1, -0.05) is 0 Å². The quantitative estimate of drug-likeness (QED) is 0.651. The van der Waals surface area contributed by atoms with Crippen molar-refractivity contribution in [3.63, 3.8) is 0 Å². The van der Waals surface area contributed by atoms with Gasteiger partial charge >= 0.3 is 0 Å². The van der Waals surface area contributed by atoms with E-state index in [-0.39, 0.29) is 11.5 Å². The van der Waals surface area contributed by atoms with Crippen molar-refractivity contribution in [2.45, 2.75) is 13.8 Å². The topological polar surface area (TPSA) is 88.6 Å². The average molecular weight is 302 g/mol. The largest absolute Gasteiger partial charge is 0.497 e. The third-order valence-corrected chi connectivity index (χ3v) is 3.00. The first-order valence-corrected chi connectivity index (χ1v) is 6.64. The van der Waals surface area contributed by atoms with Gasteiger partial charge in [0.15, 0.2) is 0 Å². The lowest BCUT2D eigenvalue weighted by Gasteiger charge is -2.10. The summed E-state index contributed by atoms with van der Waals surface area (Å²) in [4.78, 5) is 18.1. The minimum absolute atomic E-state index is 0.234. The monoisotopic (exact) mass is 302 g/mol. The molecule has 0 aliphatic rings. The minimum atomic E-state index is -0.234. The van der Waals surface area contributed by atoms with Crippen LogP contribution in [0, 0.1) is 6.92 Å². The first-order chi connectivity index (χ1) is 10.5. The molecule has 0 unspecified atom stereocenters. The van der Waals surface area contributed by atoms with Crippen LogP contribution in [-0.4, -0.2) is 29.9 Å². The molecule has 0 bridgehead atoms. The third kappa shape index (κ3) is 3.63. The molecule has 1 aromatic heterocycles. The summed E-state index contributed by atoms with van der Waals surface area (Å²) in [6, 6.07) is 6.85. The SMILES string of the molecule is COc1ccc(OC)c(C(C)=NNc2nc(C)cc(=O)[nH]2)c1. The zero-order valence-electron chi connectivity index (χ0n) is 12.9. The van der Waals surface area contributed by atoms with Gasteiger partial charge in [0.1, 0.15) is 11.5 Å². The van der Waals surface area contributed by atoms with Gasteiger partial charge < -0.3 is 9.47 Å². The summed E-state index contributed by atoms with van der Waals surface area (Å²) in [5, 5.41) is 4.23. The second-order valence-corrected chi connectivity index (χ2v) is 4.61. The van der Waals surface area contributed by atoms with Crippen molar-refractivity contribution in [2.75, 3.05) is 19.6 Å². The van der Waals surface area contributed by atoms with Crippen LogP contribution >= 0.6 is 0 Å². The Bertz CT molecular complexity index is 753. The molecule has 2 aromatic rings. The van der Waals surface area contributed by atoms with Gasteiger partial charge in [-0.3, -0.25) is 9.78 Å². The van der Waals surface area contributed by atoms with Gasteiger partial charge in [0.25, 0.3) is 5.56 Å². The number of anilines is 1. The van der Waals surface area contributed by atoms with E-state index in [0.29, 0.717) is 22.9 Å². The predicted molar refractivity (Wildman–Crippen MR) is 85.0 cm³/mol. The van der Waals surface area contributed by atoms with Crippen LogP contribution in [0.15, 0.2) is 34.2 Å². The molecule has 2 rings (SSSR count). The number of aromatic nitrogens is 2. The van der Waals surface area contributed by atoms with Crippen molar-refractivity contribution in [3.8, 4) is 11.5 Å². The summed E-state index contributed by atoms with van der Waals surface area (Å²) in [6.45, 7) is 3.56. The predicted octanol–water partition coefficient (Wildman–Crippen LogP) is 1.93. The van der Waals surface area contributed by atoms with Crippen LogP contribution in [0.5, 0.6) is 11.5 Å². The highest BCUT2D eigenvalue weighted by molar-refractivity contribution is 6.01. The van der Waals surface area contributed by atoms with Crippen molar-refractivity contribution in [2.24, 2.45) is 5.10 Å². The molecule has 0 spiro atoms. The van der Waals surface area contributed by atoms with E-state index in [2.05, 4.69) is 20.5 Å². The molecule has 7 heteroatoms. The number of hydrogen-bond acceptors (Lipinski definition) is 6. The van der Waals surface area contributed by atoms with E-state index in [9.17, 15) is 4.79 Å². The molecule has 2 N–H and O–H groups in total. The van der Waals surface area contributed by atoms with Gasteiger partial charge in [-0.05, 0) is 32.0 Å². The number of rotatable bonds is 5. The molecule has 0 saturated carbocycles. The normalized spacial score (nSPS) is 11.2. The van der Waals surface area contributed by atoms with E-state index in [0.717, 1.165) is 5.56 Å². The van der Waals surface area contributed by atoms with Crippen LogP contribution in [0.4, 0.5) is 5.95 Å². The Morgan fingerprint density at radius 3 is 2.68 bits per heavy atom. The van der Waals surface area contributed by atoms with Gasteiger partial charge in [0.05, 0.1) is 19.9 Å². The number of hydrogen-bond donors (Lipinski definition) is 2. The molecule has 0 aliphatic carbocycles. The second kappa shape index (κ2) is 6.75. The lowest BCUT2D eigenvalue weighted by molar-refractivity contribution is 0.402. The number of aryl methyl sites for hydroxylation is 1. The Morgan fingerprint density at radius 2 is 2.05 bits per heavy atom. The van der Waals surface area contributed by atoms with Crippen molar-refractivity contribution in [3.05, 3.63) is 45.9 Å². The fourth-order valence-electron chi connectivity index (χ4n) is 1.93. The fraction of sp³-hybridized carbons (Fsp3) is 0.267. The number of benzene rings is 1. The third-order valence-electron chi connectivity index (χ3n) is 3.00. The number of H-pyrrole nitrogens is 1. The van der Waals surface area contributed by atoms with Crippen molar-refractivity contribution >= 4 is 11.7 Å². The molecule has 116 valence electrons. The highest BCUT2D eigenvalue weighted by Crippen LogP contribution is 2.24. The van der Waals surface area contributed by atoms with E-state index in [4.69, 9.17) is 9.47 Å². The summed E-state index contributed by atoms with van der Waals surface area (Å²) in [6.07, 6.45) is 0. The van der Waals surface area contributed by atoms with Gasteiger partial charge in [0.2, 0.25) is 5.95 Å². The molecule has 22 heavy (non-hydrogen) atoms.